The topological polar surface area (TPSA) is 73.0 Å². The van der Waals surface area contributed by atoms with Gasteiger partial charge in [-0.1, -0.05) is 0 Å². The Morgan fingerprint density at radius 1 is 1.00 bits per heavy atom. The number of H-pyrrole nitrogens is 1. The Kier molecular flexibility index (Phi) is 4.60. The Morgan fingerprint density at radius 3 is 2.50 bits per heavy atom. The van der Waals surface area contributed by atoms with E-state index >= 15 is 0 Å². The van der Waals surface area contributed by atoms with Gasteiger partial charge in [-0.3, -0.25) is 5.10 Å². The van der Waals surface area contributed by atoms with Crippen molar-refractivity contribution in [2.24, 2.45) is 0 Å². The van der Waals surface area contributed by atoms with Crippen LogP contribution in [0.25, 0.3) is 11.0 Å². The van der Waals surface area contributed by atoms with Crippen molar-refractivity contribution in [1.29, 1.82) is 0 Å². The molecule has 0 saturated carbocycles. The van der Waals surface area contributed by atoms with Crippen LogP contribution < -0.4 is 10.2 Å². The van der Waals surface area contributed by atoms with Gasteiger partial charge < -0.3 is 15.1 Å². The van der Waals surface area contributed by atoms with Crippen molar-refractivity contribution in [1.82, 2.24) is 25.1 Å². The number of rotatable bonds is 4. The van der Waals surface area contributed by atoms with E-state index in [9.17, 15) is 0 Å². The molecule has 7 heteroatoms. The van der Waals surface area contributed by atoms with Crippen LogP contribution in [0.1, 0.15) is 37.4 Å². The quantitative estimate of drug-likeness (QED) is 0.725. The summed E-state index contributed by atoms with van der Waals surface area (Å²) in [6.45, 7) is 4.51. The van der Waals surface area contributed by atoms with Crippen molar-refractivity contribution in [3.05, 3.63) is 36.3 Å². The highest BCUT2D eigenvalue weighted by atomic mass is 15.2. The molecule has 7 nitrogen and oxygen atoms in total. The molecular weight excluding hydrogens is 350 g/mol. The maximum atomic E-state index is 4.89. The summed E-state index contributed by atoms with van der Waals surface area (Å²) in [6, 6.07) is 8.65. The molecule has 0 aliphatic carbocycles. The molecule has 1 aromatic carbocycles. The van der Waals surface area contributed by atoms with Gasteiger partial charge in [-0.25, -0.2) is 9.97 Å². The Morgan fingerprint density at radius 2 is 1.75 bits per heavy atom. The Hall–Kier alpha value is -2.67. The second kappa shape index (κ2) is 7.39. The molecule has 2 saturated heterocycles. The zero-order valence-electron chi connectivity index (χ0n) is 16.4. The number of nitrogens with zero attached hydrogens (tertiary/aromatic N) is 5. The molecule has 2 N–H and O–H groups in total. The molecule has 2 aliphatic heterocycles. The summed E-state index contributed by atoms with van der Waals surface area (Å²) < 4.78 is 0. The van der Waals surface area contributed by atoms with Gasteiger partial charge >= 0.3 is 0 Å². The highest BCUT2D eigenvalue weighted by molar-refractivity contribution is 5.86. The molecule has 5 rings (SSSR count). The standard InChI is InChI=1S/C21H27N7/c1-27-12-8-15(9-13-27)20-24-18-14-22-26-19(18)21(25-20)23-16-4-6-17(7-5-16)28-10-2-3-11-28/h4-7,14-15H,2-3,8-13H2,1H3,(H,22,26)(H,23,24,25). The summed E-state index contributed by atoms with van der Waals surface area (Å²) in [4.78, 5) is 14.5. The predicted molar refractivity (Wildman–Crippen MR) is 112 cm³/mol. The fraction of sp³-hybridized carbons (Fsp3) is 0.476. The van der Waals surface area contributed by atoms with Crippen LogP contribution in [-0.2, 0) is 0 Å². The number of fused-ring (bicyclic) bond motifs is 1. The summed E-state index contributed by atoms with van der Waals surface area (Å²) in [5, 5.41) is 10.7. The third-order valence-electron chi connectivity index (χ3n) is 6.00. The molecule has 3 aromatic rings. The van der Waals surface area contributed by atoms with Crippen molar-refractivity contribution < 1.29 is 0 Å². The number of benzene rings is 1. The number of likely N-dealkylation sites (tertiary alicyclic amines) is 1. The number of anilines is 3. The van der Waals surface area contributed by atoms with Gasteiger partial charge in [0.05, 0.1) is 6.20 Å². The van der Waals surface area contributed by atoms with Gasteiger partial charge in [0.25, 0.3) is 0 Å². The minimum absolute atomic E-state index is 0.411. The minimum atomic E-state index is 0.411. The first-order valence-electron chi connectivity index (χ1n) is 10.3. The summed E-state index contributed by atoms with van der Waals surface area (Å²) in [5.41, 5.74) is 4.07. The van der Waals surface area contributed by atoms with Crippen LogP contribution in [0.2, 0.25) is 0 Å². The molecule has 0 spiro atoms. The first-order chi connectivity index (χ1) is 13.8. The van der Waals surface area contributed by atoms with E-state index in [2.05, 4.69) is 56.6 Å². The molecule has 0 bridgehead atoms. The Bertz CT molecular complexity index is 935. The fourth-order valence-electron chi connectivity index (χ4n) is 4.27. The van der Waals surface area contributed by atoms with Gasteiger partial charge in [0.2, 0.25) is 0 Å². The minimum Gasteiger partial charge on any atom is -0.372 e. The van der Waals surface area contributed by atoms with Gasteiger partial charge in [0.15, 0.2) is 5.82 Å². The van der Waals surface area contributed by atoms with E-state index in [1.165, 1.54) is 18.5 Å². The summed E-state index contributed by atoms with van der Waals surface area (Å²) >= 11 is 0. The molecule has 28 heavy (non-hydrogen) atoms. The lowest BCUT2D eigenvalue weighted by atomic mass is 9.96. The average Bonchev–Trinajstić information content (AvgIpc) is 3.41. The van der Waals surface area contributed by atoms with E-state index in [1.54, 1.807) is 6.20 Å². The first kappa shape index (κ1) is 17.4. The number of hydrogen-bond donors (Lipinski definition) is 2. The van der Waals surface area contributed by atoms with Gasteiger partial charge in [-0.15, -0.1) is 0 Å². The zero-order chi connectivity index (χ0) is 18.9. The van der Waals surface area contributed by atoms with Crippen molar-refractivity contribution in [3.8, 4) is 0 Å². The maximum Gasteiger partial charge on any atom is 0.160 e. The van der Waals surface area contributed by atoms with Gasteiger partial charge in [0, 0.05) is 30.4 Å². The maximum absolute atomic E-state index is 4.89. The monoisotopic (exact) mass is 377 g/mol. The predicted octanol–water partition coefficient (Wildman–Crippen LogP) is 3.51. The molecular formula is C21H27N7. The highest BCUT2D eigenvalue weighted by Crippen LogP contribution is 2.30. The van der Waals surface area contributed by atoms with E-state index in [1.807, 2.05) is 0 Å². The molecule has 0 unspecified atom stereocenters. The lowest BCUT2D eigenvalue weighted by Gasteiger charge is -2.28. The van der Waals surface area contributed by atoms with Crippen LogP contribution in [0.4, 0.5) is 17.2 Å². The highest BCUT2D eigenvalue weighted by Gasteiger charge is 2.22. The van der Waals surface area contributed by atoms with Crippen LogP contribution in [0.3, 0.4) is 0 Å². The third kappa shape index (κ3) is 3.42. The molecule has 0 atom stereocenters. The number of hydrogen-bond acceptors (Lipinski definition) is 6. The van der Waals surface area contributed by atoms with Crippen LogP contribution >= 0.6 is 0 Å². The number of aromatic amines is 1. The molecule has 2 aromatic heterocycles. The van der Waals surface area contributed by atoms with E-state index in [-0.39, 0.29) is 0 Å². The Labute approximate surface area is 165 Å². The number of aromatic nitrogens is 4. The van der Waals surface area contributed by atoms with Crippen LogP contribution in [-0.4, -0.2) is 58.3 Å². The summed E-state index contributed by atoms with van der Waals surface area (Å²) in [7, 11) is 2.18. The second-order valence-corrected chi connectivity index (χ2v) is 8.00. The lowest BCUT2D eigenvalue weighted by molar-refractivity contribution is 0.251. The van der Waals surface area contributed by atoms with Crippen LogP contribution in [0, 0.1) is 0 Å². The normalized spacial score (nSPS) is 18.8. The fourth-order valence-corrected chi connectivity index (χ4v) is 4.27. The van der Waals surface area contributed by atoms with E-state index in [0.717, 1.165) is 67.4 Å². The Balaban J connectivity index is 1.41. The first-order valence-corrected chi connectivity index (χ1v) is 10.3. The molecule has 2 fully saturated rings. The van der Waals surface area contributed by atoms with E-state index in [4.69, 9.17) is 9.97 Å². The van der Waals surface area contributed by atoms with E-state index in [0.29, 0.717) is 5.92 Å². The molecule has 4 heterocycles. The average molecular weight is 377 g/mol. The van der Waals surface area contributed by atoms with Gasteiger partial charge in [-0.05, 0) is 70.1 Å². The van der Waals surface area contributed by atoms with Crippen molar-refractivity contribution in [2.75, 3.05) is 43.4 Å². The van der Waals surface area contributed by atoms with Crippen molar-refractivity contribution in [2.45, 2.75) is 31.6 Å². The largest absolute Gasteiger partial charge is 0.372 e. The lowest BCUT2D eigenvalue weighted by Crippen LogP contribution is -2.30. The SMILES string of the molecule is CN1CCC(c2nc(Nc3ccc(N4CCCC4)cc3)c3[nH]ncc3n2)CC1. The smallest absolute Gasteiger partial charge is 0.160 e. The molecule has 0 amide bonds. The zero-order valence-corrected chi connectivity index (χ0v) is 16.4. The molecule has 146 valence electrons. The number of nitrogens with one attached hydrogen (secondary N) is 2. The molecule has 0 radical (unpaired) electrons. The number of piperidine rings is 1. The third-order valence-corrected chi connectivity index (χ3v) is 6.00. The molecule has 2 aliphatic rings. The van der Waals surface area contributed by atoms with E-state index < -0.39 is 0 Å². The van der Waals surface area contributed by atoms with Gasteiger partial charge in [-0.2, -0.15) is 5.10 Å². The summed E-state index contributed by atoms with van der Waals surface area (Å²) in [6.07, 6.45) is 6.57. The van der Waals surface area contributed by atoms with Crippen molar-refractivity contribution >= 4 is 28.2 Å². The van der Waals surface area contributed by atoms with Crippen molar-refractivity contribution in [3.63, 3.8) is 0 Å². The summed E-state index contributed by atoms with van der Waals surface area (Å²) in [5.74, 6) is 2.15. The second-order valence-electron chi connectivity index (χ2n) is 8.00. The van der Waals surface area contributed by atoms with Crippen LogP contribution in [0.5, 0.6) is 0 Å². The van der Waals surface area contributed by atoms with Crippen LogP contribution in [0.15, 0.2) is 30.5 Å². The van der Waals surface area contributed by atoms with Gasteiger partial charge in [0.1, 0.15) is 16.9 Å².